The van der Waals surface area contributed by atoms with Crippen LogP contribution in [-0.2, 0) is 0 Å². The first-order valence-corrected chi connectivity index (χ1v) is 4.24. The minimum absolute atomic E-state index is 0.00637. The summed E-state index contributed by atoms with van der Waals surface area (Å²) in [6, 6.07) is 4.48. The topological polar surface area (TPSA) is 26.0 Å². The molecule has 0 bridgehead atoms. The maximum atomic E-state index is 13.1. The fraction of sp³-hybridized carbons (Fsp3) is 0.250. The molecule has 1 atom stereocenters. The van der Waals surface area contributed by atoms with E-state index < -0.39 is 12.0 Å². The molecule has 0 heterocycles. The van der Waals surface area contributed by atoms with E-state index in [1.165, 1.54) is 12.1 Å². The van der Waals surface area contributed by atoms with Crippen LogP contribution in [-0.4, -0.2) is 6.54 Å². The summed E-state index contributed by atoms with van der Waals surface area (Å²) in [5.74, 6) is -0.574. The molecular formula is C8H8BrF2N. The van der Waals surface area contributed by atoms with E-state index in [9.17, 15) is 8.78 Å². The SMILES string of the molecule is NCC(F)c1cccc(Br)c1F. The molecule has 1 aromatic rings. The Morgan fingerprint density at radius 1 is 1.50 bits per heavy atom. The third-order valence-corrected chi connectivity index (χ3v) is 2.14. The van der Waals surface area contributed by atoms with Crippen LogP contribution >= 0.6 is 15.9 Å². The number of halogens is 3. The average Bonchev–Trinajstić information content (AvgIpc) is 2.08. The van der Waals surface area contributed by atoms with Crippen LogP contribution in [0.25, 0.3) is 0 Å². The van der Waals surface area contributed by atoms with Crippen LogP contribution in [0.5, 0.6) is 0 Å². The molecule has 0 aliphatic rings. The van der Waals surface area contributed by atoms with Crippen molar-refractivity contribution in [2.45, 2.75) is 6.17 Å². The van der Waals surface area contributed by atoms with E-state index >= 15 is 0 Å². The van der Waals surface area contributed by atoms with Crippen molar-refractivity contribution in [2.75, 3.05) is 6.54 Å². The molecule has 12 heavy (non-hydrogen) atoms. The van der Waals surface area contributed by atoms with Gasteiger partial charge in [-0.3, -0.25) is 0 Å². The van der Waals surface area contributed by atoms with Crippen LogP contribution in [0.4, 0.5) is 8.78 Å². The van der Waals surface area contributed by atoms with Gasteiger partial charge in [-0.15, -0.1) is 0 Å². The smallest absolute Gasteiger partial charge is 0.143 e. The van der Waals surface area contributed by atoms with Crippen LogP contribution in [0.2, 0.25) is 0 Å². The third-order valence-electron chi connectivity index (χ3n) is 1.53. The largest absolute Gasteiger partial charge is 0.327 e. The highest BCUT2D eigenvalue weighted by atomic mass is 79.9. The number of hydrogen-bond donors (Lipinski definition) is 1. The molecule has 2 N–H and O–H groups in total. The molecule has 0 aliphatic carbocycles. The number of alkyl halides is 1. The van der Waals surface area contributed by atoms with Crippen molar-refractivity contribution in [3.8, 4) is 0 Å². The van der Waals surface area contributed by atoms with Crippen LogP contribution < -0.4 is 5.73 Å². The Hall–Kier alpha value is -0.480. The van der Waals surface area contributed by atoms with Gasteiger partial charge in [0.15, 0.2) is 0 Å². The Kier molecular flexibility index (Phi) is 3.17. The summed E-state index contributed by atoms with van der Waals surface area (Å²) in [7, 11) is 0. The van der Waals surface area contributed by atoms with Gasteiger partial charge in [-0.2, -0.15) is 0 Å². The number of rotatable bonds is 2. The Morgan fingerprint density at radius 3 is 2.75 bits per heavy atom. The van der Waals surface area contributed by atoms with Gasteiger partial charge >= 0.3 is 0 Å². The summed E-state index contributed by atoms with van der Waals surface area (Å²) in [6.45, 7) is -0.201. The van der Waals surface area contributed by atoms with Gasteiger partial charge in [0, 0.05) is 12.1 Å². The van der Waals surface area contributed by atoms with Crippen molar-refractivity contribution in [2.24, 2.45) is 5.73 Å². The Balaban J connectivity index is 3.07. The maximum absolute atomic E-state index is 13.1. The van der Waals surface area contributed by atoms with Gasteiger partial charge in [0.05, 0.1) is 4.47 Å². The van der Waals surface area contributed by atoms with Gasteiger partial charge in [0.25, 0.3) is 0 Å². The van der Waals surface area contributed by atoms with Crippen LogP contribution in [0.1, 0.15) is 11.7 Å². The van der Waals surface area contributed by atoms with Gasteiger partial charge in [-0.1, -0.05) is 12.1 Å². The summed E-state index contributed by atoms with van der Waals surface area (Å²) in [5, 5.41) is 0. The van der Waals surface area contributed by atoms with E-state index in [0.29, 0.717) is 0 Å². The zero-order valence-corrected chi connectivity index (χ0v) is 7.81. The standard InChI is InChI=1S/C8H8BrF2N/c9-6-3-1-2-5(8(6)11)7(10)4-12/h1-3,7H,4,12H2. The Morgan fingerprint density at radius 2 is 2.17 bits per heavy atom. The number of benzene rings is 1. The molecule has 0 radical (unpaired) electrons. The van der Waals surface area contributed by atoms with E-state index in [1.807, 2.05) is 0 Å². The number of nitrogens with two attached hydrogens (primary N) is 1. The van der Waals surface area contributed by atoms with Gasteiger partial charge in [-0.05, 0) is 22.0 Å². The minimum atomic E-state index is -1.43. The zero-order chi connectivity index (χ0) is 9.14. The van der Waals surface area contributed by atoms with E-state index in [0.717, 1.165) is 0 Å². The van der Waals surface area contributed by atoms with Crippen LogP contribution in [0.3, 0.4) is 0 Å². The highest BCUT2D eigenvalue weighted by Crippen LogP contribution is 2.25. The summed E-state index contributed by atoms with van der Waals surface area (Å²) in [4.78, 5) is 0. The van der Waals surface area contributed by atoms with Crippen LogP contribution in [0.15, 0.2) is 22.7 Å². The highest BCUT2D eigenvalue weighted by Gasteiger charge is 2.14. The molecule has 0 amide bonds. The minimum Gasteiger partial charge on any atom is -0.327 e. The van der Waals surface area contributed by atoms with Crippen molar-refractivity contribution in [1.29, 1.82) is 0 Å². The first kappa shape index (κ1) is 9.61. The normalized spacial score (nSPS) is 13.0. The second-order valence-electron chi connectivity index (χ2n) is 2.35. The molecule has 1 nitrogen and oxygen atoms in total. The van der Waals surface area contributed by atoms with Crippen molar-refractivity contribution < 1.29 is 8.78 Å². The molecule has 1 unspecified atom stereocenters. The zero-order valence-electron chi connectivity index (χ0n) is 6.23. The molecule has 66 valence electrons. The molecule has 0 fully saturated rings. The van der Waals surface area contributed by atoms with E-state index in [-0.39, 0.29) is 16.6 Å². The second kappa shape index (κ2) is 3.96. The summed E-state index contributed by atoms with van der Waals surface area (Å²) >= 11 is 2.96. The summed E-state index contributed by atoms with van der Waals surface area (Å²) in [5.41, 5.74) is 5.07. The monoisotopic (exact) mass is 235 g/mol. The van der Waals surface area contributed by atoms with Crippen LogP contribution in [0, 0.1) is 5.82 Å². The number of hydrogen-bond acceptors (Lipinski definition) is 1. The van der Waals surface area contributed by atoms with Gasteiger partial charge in [0.1, 0.15) is 12.0 Å². The molecule has 1 aromatic carbocycles. The fourth-order valence-electron chi connectivity index (χ4n) is 0.889. The third kappa shape index (κ3) is 1.81. The lowest BCUT2D eigenvalue weighted by Crippen LogP contribution is -2.09. The van der Waals surface area contributed by atoms with Gasteiger partial charge in [-0.25, -0.2) is 8.78 Å². The molecule has 0 saturated carbocycles. The van der Waals surface area contributed by atoms with Gasteiger partial charge < -0.3 is 5.73 Å². The van der Waals surface area contributed by atoms with Crippen molar-refractivity contribution >= 4 is 15.9 Å². The lowest BCUT2D eigenvalue weighted by Gasteiger charge is -2.07. The molecule has 0 aliphatic heterocycles. The highest BCUT2D eigenvalue weighted by molar-refractivity contribution is 9.10. The lowest BCUT2D eigenvalue weighted by molar-refractivity contribution is 0.341. The van der Waals surface area contributed by atoms with E-state index in [4.69, 9.17) is 5.73 Å². The van der Waals surface area contributed by atoms with Gasteiger partial charge in [0.2, 0.25) is 0 Å². The van der Waals surface area contributed by atoms with E-state index in [2.05, 4.69) is 15.9 Å². The first-order chi connectivity index (χ1) is 5.66. The average molecular weight is 236 g/mol. The maximum Gasteiger partial charge on any atom is 0.143 e. The summed E-state index contributed by atoms with van der Waals surface area (Å²) in [6.07, 6.45) is -1.43. The molecular weight excluding hydrogens is 228 g/mol. The second-order valence-corrected chi connectivity index (χ2v) is 3.20. The molecule has 0 aromatic heterocycles. The van der Waals surface area contributed by atoms with Crippen molar-refractivity contribution in [1.82, 2.24) is 0 Å². The summed E-state index contributed by atoms with van der Waals surface area (Å²) < 4.78 is 26.3. The lowest BCUT2D eigenvalue weighted by atomic mass is 10.1. The predicted octanol–water partition coefficient (Wildman–Crippen LogP) is 2.56. The van der Waals surface area contributed by atoms with E-state index in [1.54, 1.807) is 6.07 Å². The fourth-order valence-corrected chi connectivity index (χ4v) is 1.27. The first-order valence-electron chi connectivity index (χ1n) is 3.45. The molecule has 1 rings (SSSR count). The quantitative estimate of drug-likeness (QED) is 0.838. The predicted molar refractivity (Wildman–Crippen MR) is 47.0 cm³/mol. The van der Waals surface area contributed by atoms with Crippen molar-refractivity contribution in [3.05, 3.63) is 34.1 Å². The molecule has 4 heteroatoms. The Bertz CT molecular complexity index is 278. The Labute approximate surface area is 77.7 Å². The molecule has 0 saturated heterocycles. The van der Waals surface area contributed by atoms with Crippen molar-refractivity contribution in [3.63, 3.8) is 0 Å². The molecule has 0 spiro atoms.